The Balaban J connectivity index is 2.48. The first-order valence-corrected chi connectivity index (χ1v) is 8.06. The van der Waals surface area contributed by atoms with E-state index >= 15 is 0 Å². The molecule has 2 aromatic heterocycles. The summed E-state index contributed by atoms with van der Waals surface area (Å²) in [6.07, 6.45) is 1.87. The minimum absolute atomic E-state index is 0.0988. The van der Waals surface area contributed by atoms with E-state index in [0.29, 0.717) is 16.2 Å². The highest BCUT2D eigenvalue weighted by molar-refractivity contribution is 7.98. The average Bonchev–Trinajstić information content (AvgIpc) is 2.82. The second-order valence-electron chi connectivity index (χ2n) is 4.92. The molecule has 0 saturated carbocycles. The third-order valence-corrected chi connectivity index (χ3v) is 4.45. The summed E-state index contributed by atoms with van der Waals surface area (Å²) in [5.74, 6) is 0.729. The Morgan fingerprint density at radius 3 is 2.82 bits per heavy atom. The first-order chi connectivity index (χ1) is 10.6. The van der Waals surface area contributed by atoms with E-state index in [1.807, 2.05) is 36.1 Å². The average molecular weight is 319 g/mol. The molecule has 0 bridgehead atoms. The Bertz CT molecular complexity index is 914. The molecule has 0 aliphatic heterocycles. The molecule has 0 atom stereocenters. The van der Waals surface area contributed by atoms with Gasteiger partial charge in [0.1, 0.15) is 16.8 Å². The van der Waals surface area contributed by atoms with E-state index in [1.54, 1.807) is 7.11 Å². The van der Waals surface area contributed by atoms with Crippen LogP contribution in [-0.2, 0) is 13.6 Å². The number of nitrogens with zero attached hydrogens (tertiary/aromatic N) is 3. The fraction of sp³-hybridized carbons (Fsp3) is 0.333. The van der Waals surface area contributed by atoms with Crippen molar-refractivity contribution in [3.05, 3.63) is 28.6 Å². The largest absolute Gasteiger partial charge is 0.497 e. The Morgan fingerprint density at radius 2 is 2.18 bits per heavy atom. The standard InChI is InChI=1S/C15H17N3O3S/c1-17-11-5-4-9(21-2)8-10(11)12-13(17)14(20)18(6-7-19)15(16-12)22-3/h4-5,8,19H,6-7H2,1-3H3. The zero-order chi connectivity index (χ0) is 15.9. The molecule has 0 aliphatic carbocycles. The van der Waals surface area contributed by atoms with Gasteiger partial charge in [0.15, 0.2) is 5.16 Å². The number of methoxy groups -OCH3 is 1. The lowest BCUT2D eigenvalue weighted by Gasteiger charge is -2.09. The maximum atomic E-state index is 12.8. The van der Waals surface area contributed by atoms with Gasteiger partial charge >= 0.3 is 0 Å². The second kappa shape index (κ2) is 5.66. The Kier molecular flexibility index (Phi) is 3.84. The highest BCUT2D eigenvalue weighted by Crippen LogP contribution is 2.29. The third kappa shape index (κ3) is 2.08. The summed E-state index contributed by atoms with van der Waals surface area (Å²) in [7, 11) is 3.46. The van der Waals surface area contributed by atoms with Crippen LogP contribution in [0.3, 0.4) is 0 Å². The number of aliphatic hydroxyl groups is 1. The predicted molar refractivity (Wildman–Crippen MR) is 87.9 cm³/mol. The lowest BCUT2D eigenvalue weighted by Crippen LogP contribution is -2.25. The number of aliphatic hydroxyl groups excluding tert-OH is 1. The topological polar surface area (TPSA) is 69.3 Å². The first kappa shape index (κ1) is 14.9. The summed E-state index contributed by atoms with van der Waals surface area (Å²) in [5, 5.41) is 10.7. The van der Waals surface area contributed by atoms with Crippen LogP contribution in [0.4, 0.5) is 0 Å². The van der Waals surface area contributed by atoms with Crippen LogP contribution >= 0.6 is 11.8 Å². The van der Waals surface area contributed by atoms with Gasteiger partial charge < -0.3 is 14.4 Å². The molecule has 0 fully saturated rings. The van der Waals surface area contributed by atoms with E-state index in [2.05, 4.69) is 4.98 Å². The molecule has 0 aliphatic rings. The van der Waals surface area contributed by atoms with Gasteiger partial charge in [0.25, 0.3) is 5.56 Å². The minimum Gasteiger partial charge on any atom is -0.497 e. The number of aryl methyl sites for hydroxylation is 1. The molecule has 3 rings (SSSR count). The zero-order valence-electron chi connectivity index (χ0n) is 12.7. The van der Waals surface area contributed by atoms with Gasteiger partial charge in [-0.05, 0) is 24.5 Å². The highest BCUT2D eigenvalue weighted by Gasteiger charge is 2.17. The van der Waals surface area contributed by atoms with Gasteiger partial charge in [0.05, 0.1) is 25.8 Å². The maximum absolute atomic E-state index is 12.8. The minimum atomic E-state index is -0.138. The number of hydrogen-bond acceptors (Lipinski definition) is 5. The monoisotopic (exact) mass is 319 g/mol. The van der Waals surface area contributed by atoms with Crippen molar-refractivity contribution >= 4 is 33.7 Å². The van der Waals surface area contributed by atoms with Gasteiger partial charge in [-0.25, -0.2) is 4.98 Å². The summed E-state index contributed by atoms with van der Waals surface area (Å²) in [6, 6.07) is 5.68. The van der Waals surface area contributed by atoms with Gasteiger partial charge in [-0.2, -0.15) is 0 Å². The number of rotatable bonds is 4. The molecule has 22 heavy (non-hydrogen) atoms. The van der Waals surface area contributed by atoms with E-state index in [0.717, 1.165) is 16.7 Å². The van der Waals surface area contributed by atoms with Crippen molar-refractivity contribution < 1.29 is 9.84 Å². The van der Waals surface area contributed by atoms with E-state index in [-0.39, 0.29) is 18.7 Å². The smallest absolute Gasteiger partial charge is 0.278 e. The molecule has 0 unspecified atom stereocenters. The van der Waals surface area contributed by atoms with E-state index in [9.17, 15) is 9.90 Å². The number of hydrogen-bond donors (Lipinski definition) is 1. The SMILES string of the molecule is COc1ccc2c(c1)c1nc(SC)n(CCO)c(=O)c1n2C. The van der Waals surface area contributed by atoms with Crippen LogP contribution in [0.15, 0.2) is 28.2 Å². The quantitative estimate of drug-likeness (QED) is 0.584. The van der Waals surface area contributed by atoms with Crippen LogP contribution in [0, 0.1) is 0 Å². The van der Waals surface area contributed by atoms with Crippen LogP contribution in [0.25, 0.3) is 21.9 Å². The number of fused-ring (bicyclic) bond motifs is 3. The Hall–Kier alpha value is -1.99. The molecule has 1 N–H and O–H groups in total. The maximum Gasteiger partial charge on any atom is 0.278 e. The van der Waals surface area contributed by atoms with Crippen LogP contribution in [-0.4, -0.2) is 39.2 Å². The molecule has 0 saturated heterocycles. The number of thioether (sulfide) groups is 1. The van der Waals surface area contributed by atoms with Crippen molar-refractivity contribution in [2.45, 2.75) is 11.7 Å². The molecule has 2 heterocycles. The van der Waals surface area contributed by atoms with Crippen molar-refractivity contribution in [2.75, 3.05) is 20.0 Å². The van der Waals surface area contributed by atoms with Gasteiger partial charge in [-0.1, -0.05) is 11.8 Å². The predicted octanol–water partition coefficient (Wildman–Crippen LogP) is 1.61. The lowest BCUT2D eigenvalue weighted by molar-refractivity contribution is 0.268. The lowest BCUT2D eigenvalue weighted by atomic mass is 10.2. The molecule has 0 amide bonds. The fourth-order valence-electron chi connectivity index (χ4n) is 2.71. The molecule has 6 nitrogen and oxygen atoms in total. The van der Waals surface area contributed by atoms with Gasteiger partial charge in [-0.3, -0.25) is 9.36 Å². The highest BCUT2D eigenvalue weighted by atomic mass is 32.2. The van der Waals surface area contributed by atoms with Gasteiger partial charge in [-0.15, -0.1) is 0 Å². The molecule has 3 aromatic rings. The van der Waals surface area contributed by atoms with Crippen molar-refractivity contribution in [1.82, 2.24) is 14.1 Å². The second-order valence-corrected chi connectivity index (χ2v) is 5.69. The summed E-state index contributed by atoms with van der Waals surface area (Å²) < 4.78 is 8.63. The molecule has 7 heteroatoms. The molecule has 0 radical (unpaired) electrons. The first-order valence-electron chi connectivity index (χ1n) is 6.84. The molecular formula is C15H17N3O3S. The zero-order valence-corrected chi connectivity index (χ0v) is 13.5. The van der Waals surface area contributed by atoms with Crippen molar-refractivity contribution in [2.24, 2.45) is 7.05 Å². The van der Waals surface area contributed by atoms with Crippen LogP contribution < -0.4 is 10.3 Å². The van der Waals surface area contributed by atoms with Crippen LogP contribution in [0.2, 0.25) is 0 Å². The Labute approximate surface area is 131 Å². The Morgan fingerprint density at radius 1 is 1.41 bits per heavy atom. The fourth-order valence-corrected chi connectivity index (χ4v) is 3.29. The van der Waals surface area contributed by atoms with Gasteiger partial charge in [0.2, 0.25) is 0 Å². The van der Waals surface area contributed by atoms with Crippen LogP contribution in [0.1, 0.15) is 0 Å². The van der Waals surface area contributed by atoms with Gasteiger partial charge in [0, 0.05) is 12.4 Å². The summed E-state index contributed by atoms with van der Waals surface area (Å²) in [5.41, 5.74) is 1.99. The van der Waals surface area contributed by atoms with E-state index in [1.165, 1.54) is 16.3 Å². The third-order valence-electron chi connectivity index (χ3n) is 3.77. The summed E-state index contributed by atoms with van der Waals surface area (Å²) in [6.45, 7) is 0.140. The number of ether oxygens (including phenoxy) is 1. The van der Waals surface area contributed by atoms with Crippen molar-refractivity contribution in [3.63, 3.8) is 0 Å². The number of aromatic nitrogens is 3. The molecule has 1 aromatic carbocycles. The molecule has 116 valence electrons. The van der Waals surface area contributed by atoms with E-state index < -0.39 is 0 Å². The number of benzene rings is 1. The van der Waals surface area contributed by atoms with Crippen molar-refractivity contribution in [3.8, 4) is 5.75 Å². The molecule has 0 spiro atoms. The molecular weight excluding hydrogens is 302 g/mol. The normalized spacial score (nSPS) is 11.5. The van der Waals surface area contributed by atoms with E-state index in [4.69, 9.17) is 4.74 Å². The van der Waals surface area contributed by atoms with Crippen LogP contribution in [0.5, 0.6) is 5.75 Å². The summed E-state index contributed by atoms with van der Waals surface area (Å²) >= 11 is 1.39. The summed E-state index contributed by atoms with van der Waals surface area (Å²) in [4.78, 5) is 17.4. The van der Waals surface area contributed by atoms with Crippen molar-refractivity contribution in [1.29, 1.82) is 0 Å².